The van der Waals surface area contributed by atoms with E-state index in [0.29, 0.717) is 28.3 Å². The number of aliphatic hydroxyl groups excluding tert-OH is 1. The van der Waals surface area contributed by atoms with Crippen molar-refractivity contribution in [2.24, 2.45) is 11.8 Å². The van der Waals surface area contributed by atoms with E-state index in [4.69, 9.17) is 4.74 Å². The first kappa shape index (κ1) is 32.7. The van der Waals surface area contributed by atoms with Crippen LogP contribution >= 0.6 is 11.8 Å². The number of halogens is 3. The number of alkyl halides is 3. The number of carbonyl (C=O) groups is 1. The van der Waals surface area contributed by atoms with Gasteiger partial charge in [0.05, 0.1) is 11.3 Å². The number of aryl methyl sites for hydroxylation is 1. The van der Waals surface area contributed by atoms with Crippen LogP contribution in [0.2, 0.25) is 0 Å². The molecule has 1 aliphatic heterocycles. The molecule has 2 saturated carbocycles. The zero-order valence-electron chi connectivity index (χ0n) is 25.4. The van der Waals surface area contributed by atoms with Crippen LogP contribution in [0.1, 0.15) is 95.2 Å². The van der Waals surface area contributed by atoms with E-state index in [1.54, 1.807) is 13.0 Å². The van der Waals surface area contributed by atoms with Crippen LogP contribution in [0.25, 0.3) is 0 Å². The number of carbonyl (C=O) groups excluding carboxylic acids is 1. The predicted octanol–water partition coefficient (Wildman–Crippen LogP) is 8.43. The van der Waals surface area contributed by atoms with Gasteiger partial charge in [-0.15, -0.1) is 0 Å². The van der Waals surface area contributed by atoms with E-state index >= 15 is 0 Å². The molecule has 1 aromatic heterocycles. The topological polar surface area (TPSA) is 106 Å². The van der Waals surface area contributed by atoms with E-state index in [9.17, 15) is 31.5 Å². The maximum Gasteiger partial charge on any atom is 0.417 e. The number of benzene rings is 1. The number of pyridine rings is 1. The van der Waals surface area contributed by atoms with E-state index in [1.165, 1.54) is 0 Å². The van der Waals surface area contributed by atoms with Gasteiger partial charge in [0, 0.05) is 17.5 Å². The summed E-state index contributed by atoms with van der Waals surface area (Å²) in [5.41, 5.74) is -0.967. The Balaban J connectivity index is 1.50. The van der Waals surface area contributed by atoms with E-state index < -0.39 is 43.8 Å². The predicted molar refractivity (Wildman–Crippen MR) is 163 cm³/mol. The first-order valence-electron chi connectivity index (χ1n) is 15.1. The van der Waals surface area contributed by atoms with Gasteiger partial charge in [-0.3, -0.25) is 4.72 Å². The van der Waals surface area contributed by atoms with Crippen LogP contribution in [-0.2, 0) is 31.1 Å². The summed E-state index contributed by atoms with van der Waals surface area (Å²) in [7, 11) is -4.37. The number of esters is 1. The first-order valence-corrected chi connectivity index (χ1v) is 17.4. The third-order valence-electron chi connectivity index (χ3n) is 9.06. The fraction of sp³-hybridized carbons (Fsp3) is 0.562. The lowest BCUT2D eigenvalue weighted by atomic mass is 9.71. The number of aliphatic hydroxyl groups is 1. The van der Waals surface area contributed by atoms with Crippen LogP contribution in [0.5, 0.6) is 0 Å². The zero-order valence-corrected chi connectivity index (χ0v) is 27.0. The van der Waals surface area contributed by atoms with Gasteiger partial charge in [0.1, 0.15) is 16.3 Å². The lowest BCUT2D eigenvalue weighted by Gasteiger charge is -2.45. The molecule has 7 nitrogen and oxygen atoms in total. The minimum atomic E-state index is -4.65. The molecule has 0 radical (unpaired) electrons. The molecule has 0 spiro atoms. The number of anilines is 1. The average Bonchev–Trinajstić information content (AvgIpc) is 3.65. The number of sulfonamides is 1. The van der Waals surface area contributed by atoms with Crippen molar-refractivity contribution in [3.8, 4) is 0 Å². The van der Waals surface area contributed by atoms with Crippen LogP contribution in [-0.4, -0.2) is 30.1 Å². The monoisotopic (exact) mass is 652 g/mol. The van der Waals surface area contributed by atoms with Crippen molar-refractivity contribution < 1.29 is 36.2 Å². The van der Waals surface area contributed by atoms with Crippen molar-refractivity contribution in [2.75, 3.05) is 4.72 Å². The van der Waals surface area contributed by atoms with Crippen LogP contribution < -0.4 is 4.72 Å². The van der Waals surface area contributed by atoms with Gasteiger partial charge in [-0.1, -0.05) is 58.2 Å². The third kappa shape index (κ3) is 6.47. The number of ether oxygens (including phenoxy) is 1. The van der Waals surface area contributed by atoms with Gasteiger partial charge in [0.15, 0.2) is 5.03 Å². The maximum absolute atomic E-state index is 13.7. The van der Waals surface area contributed by atoms with Gasteiger partial charge in [0.25, 0.3) is 10.0 Å². The number of nitrogens with zero attached hydrogens (tertiary/aromatic N) is 1. The molecule has 3 aliphatic rings. The van der Waals surface area contributed by atoms with E-state index in [1.807, 2.05) is 26.8 Å². The van der Waals surface area contributed by atoms with Gasteiger partial charge >= 0.3 is 12.1 Å². The minimum absolute atomic E-state index is 0.00232. The van der Waals surface area contributed by atoms with E-state index in [2.05, 4.69) is 9.71 Å². The number of thioether (sulfide) groups is 1. The zero-order chi connectivity index (χ0) is 32.1. The van der Waals surface area contributed by atoms with Gasteiger partial charge in [0.2, 0.25) is 0 Å². The molecule has 2 fully saturated rings. The molecule has 44 heavy (non-hydrogen) atoms. The highest BCUT2D eigenvalue weighted by Gasteiger charge is 2.53. The molecule has 5 rings (SSSR count). The second-order valence-electron chi connectivity index (χ2n) is 13.3. The Hall–Kier alpha value is -2.73. The number of hydrogen-bond donors (Lipinski definition) is 2. The Morgan fingerprint density at radius 1 is 1.02 bits per heavy atom. The summed E-state index contributed by atoms with van der Waals surface area (Å²) >= 11 is 1.05. The lowest BCUT2D eigenvalue weighted by molar-refractivity contribution is -0.175. The molecule has 0 saturated heterocycles. The molecule has 2 heterocycles. The Bertz CT molecular complexity index is 1540. The highest BCUT2D eigenvalue weighted by atomic mass is 32.2. The minimum Gasteiger partial charge on any atom is -0.511 e. The standard InChI is InChI=1S/C32H39F3N2O5S2/c1-19-15-23(37-44(40,41)26-14-13-22(18-36-26)32(33,34)35)27(30(2,3)4)25(16-19)43-28-24(38)17-31(42-29(28)39,20-9-5-6-10-20)21-11-7-8-12-21/h13-16,18,20-21,37-38H,5-12,17H2,1-4H3. The SMILES string of the molecule is Cc1cc(NS(=O)(=O)c2ccc(C(F)(F)F)cn2)c(C(C)(C)C)c(SC2=C(O)CC(C3CCCC3)(C3CCCC3)OC2=O)c1. The van der Waals surface area contributed by atoms with E-state index in [0.717, 1.165) is 69.2 Å². The molecule has 2 N–H and O–H groups in total. The van der Waals surface area contributed by atoms with Gasteiger partial charge in [-0.05, 0) is 85.3 Å². The van der Waals surface area contributed by atoms with Crippen molar-refractivity contribution in [1.29, 1.82) is 0 Å². The van der Waals surface area contributed by atoms with Gasteiger partial charge < -0.3 is 9.84 Å². The van der Waals surface area contributed by atoms with Crippen molar-refractivity contribution in [3.63, 3.8) is 0 Å². The normalized spacial score (nSPS) is 20.3. The quantitative estimate of drug-likeness (QED) is 0.289. The fourth-order valence-electron chi connectivity index (χ4n) is 7.13. The highest BCUT2D eigenvalue weighted by molar-refractivity contribution is 8.04. The van der Waals surface area contributed by atoms with Gasteiger partial charge in [-0.25, -0.2) is 9.78 Å². The molecule has 240 valence electrons. The third-order valence-corrected chi connectivity index (χ3v) is 11.5. The van der Waals surface area contributed by atoms with Crippen molar-refractivity contribution in [3.05, 3.63) is 57.8 Å². The number of cyclic esters (lactones) is 1. The highest BCUT2D eigenvalue weighted by Crippen LogP contribution is 2.54. The molecule has 1 aromatic carbocycles. The molecule has 2 aliphatic carbocycles. The summed E-state index contributed by atoms with van der Waals surface area (Å²) in [6.45, 7) is 7.42. The Kier molecular flexibility index (Phi) is 8.82. The molecule has 0 atom stereocenters. The second kappa shape index (κ2) is 11.9. The smallest absolute Gasteiger partial charge is 0.417 e. The molecule has 2 aromatic rings. The Morgan fingerprint density at radius 3 is 2.09 bits per heavy atom. The summed E-state index contributed by atoms with van der Waals surface area (Å²) in [6, 6.07) is 4.94. The molecular formula is C32H39F3N2O5S2. The summed E-state index contributed by atoms with van der Waals surface area (Å²) < 4.78 is 74.6. The fourth-order valence-corrected chi connectivity index (χ4v) is 9.43. The Morgan fingerprint density at radius 2 is 1.61 bits per heavy atom. The number of hydrogen-bond acceptors (Lipinski definition) is 7. The number of nitrogens with one attached hydrogen (secondary N) is 1. The van der Waals surface area contributed by atoms with Gasteiger partial charge in [-0.2, -0.15) is 21.6 Å². The molecule has 0 bridgehead atoms. The van der Waals surface area contributed by atoms with Crippen molar-refractivity contribution in [1.82, 2.24) is 4.98 Å². The van der Waals surface area contributed by atoms with Crippen LogP contribution in [0.15, 0.2) is 51.0 Å². The first-order chi connectivity index (χ1) is 20.5. The molecule has 0 unspecified atom stereocenters. The lowest BCUT2D eigenvalue weighted by Crippen LogP contribution is -2.50. The van der Waals surface area contributed by atoms with Crippen LogP contribution in [0.4, 0.5) is 18.9 Å². The second-order valence-corrected chi connectivity index (χ2v) is 16.0. The Labute approximate surface area is 261 Å². The average molecular weight is 653 g/mol. The summed E-state index contributed by atoms with van der Waals surface area (Å²) in [4.78, 5) is 17.9. The summed E-state index contributed by atoms with van der Waals surface area (Å²) in [5.74, 6) is -0.128. The summed E-state index contributed by atoms with van der Waals surface area (Å²) in [5, 5.41) is 10.9. The summed E-state index contributed by atoms with van der Waals surface area (Å²) in [6.07, 6.45) is 4.34. The molecular weight excluding hydrogens is 613 g/mol. The largest absolute Gasteiger partial charge is 0.511 e. The molecule has 12 heteroatoms. The van der Waals surface area contributed by atoms with Crippen molar-refractivity contribution >= 4 is 33.4 Å². The van der Waals surface area contributed by atoms with Crippen LogP contribution in [0, 0.1) is 18.8 Å². The maximum atomic E-state index is 13.7. The molecule has 0 amide bonds. The van der Waals surface area contributed by atoms with Crippen molar-refractivity contribution in [2.45, 2.75) is 113 Å². The van der Waals surface area contributed by atoms with Crippen LogP contribution in [0.3, 0.4) is 0 Å². The number of rotatable bonds is 7. The number of aromatic nitrogens is 1. The van der Waals surface area contributed by atoms with E-state index in [-0.39, 0.29) is 34.6 Å².